The average molecular weight is 266 g/mol. The minimum absolute atomic E-state index is 0.582. The summed E-state index contributed by atoms with van der Waals surface area (Å²) in [4.78, 5) is 0. The number of hydrogen-bond acceptors (Lipinski definition) is 3. The van der Waals surface area contributed by atoms with Crippen LogP contribution < -0.4 is 10.5 Å². The summed E-state index contributed by atoms with van der Waals surface area (Å²) < 4.78 is 7.58. The predicted octanol–water partition coefficient (Wildman–Crippen LogP) is 3.63. The highest BCUT2D eigenvalue weighted by molar-refractivity contribution is 6.30. The fourth-order valence-corrected chi connectivity index (χ4v) is 1.79. The monoisotopic (exact) mass is 265 g/mol. The molecule has 0 radical (unpaired) electrons. The third-order valence-electron chi connectivity index (χ3n) is 2.59. The molecule has 2 N–H and O–H groups in total. The maximum Gasteiger partial charge on any atom is 0.241 e. The molecule has 0 saturated heterocycles. The molecule has 4 nitrogen and oxygen atoms in total. The maximum absolute atomic E-state index is 5.98. The van der Waals surface area contributed by atoms with Gasteiger partial charge in [-0.05, 0) is 37.6 Å². The van der Waals surface area contributed by atoms with Gasteiger partial charge in [0.1, 0.15) is 11.4 Å². The lowest BCUT2D eigenvalue weighted by Crippen LogP contribution is -2.02. The van der Waals surface area contributed by atoms with Gasteiger partial charge in [0.15, 0.2) is 0 Å². The molecule has 2 aromatic rings. The third-order valence-corrected chi connectivity index (χ3v) is 2.84. The number of ether oxygens (including phenoxy) is 1. The van der Waals surface area contributed by atoms with Crippen LogP contribution in [-0.4, -0.2) is 9.78 Å². The normalized spacial score (nSPS) is 10.6. The van der Waals surface area contributed by atoms with E-state index in [1.807, 2.05) is 6.92 Å². The number of anilines is 1. The highest BCUT2D eigenvalue weighted by Crippen LogP contribution is 2.30. The van der Waals surface area contributed by atoms with E-state index in [9.17, 15) is 0 Å². The van der Waals surface area contributed by atoms with Crippen LogP contribution >= 0.6 is 11.6 Å². The first-order valence-corrected chi connectivity index (χ1v) is 6.26. The summed E-state index contributed by atoms with van der Waals surface area (Å²) in [5, 5.41) is 5.03. The summed E-state index contributed by atoms with van der Waals surface area (Å²) in [6.45, 7) is 4.73. The molecule has 0 aliphatic heterocycles. The van der Waals surface area contributed by atoms with Crippen LogP contribution in [0.4, 0.5) is 5.69 Å². The van der Waals surface area contributed by atoms with Gasteiger partial charge in [0.05, 0.1) is 5.69 Å². The number of hydrogen-bond donors (Lipinski definition) is 1. The lowest BCUT2D eigenvalue weighted by Gasteiger charge is -2.08. The molecular weight excluding hydrogens is 250 g/mol. The first-order valence-electron chi connectivity index (χ1n) is 5.88. The molecule has 0 bridgehead atoms. The Morgan fingerprint density at radius 1 is 1.33 bits per heavy atom. The molecule has 1 heterocycles. The number of benzene rings is 1. The smallest absolute Gasteiger partial charge is 0.241 e. The zero-order chi connectivity index (χ0) is 13.1. The van der Waals surface area contributed by atoms with Crippen LogP contribution in [0.1, 0.15) is 19.0 Å². The van der Waals surface area contributed by atoms with Crippen molar-refractivity contribution in [1.82, 2.24) is 9.78 Å². The highest BCUT2D eigenvalue weighted by Gasteiger charge is 2.14. The SMILES string of the molecule is CCCn1nc(C)c(N)c1Oc1ccc(Cl)cc1. The van der Waals surface area contributed by atoms with Crippen molar-refractivity contribution in [3.05, 3.63) is 35.0 Å². The lowest BCUT2D eigenvalue weighted by atomic mass is 10.3. The van der Waals surface area contributed by atoms with E-state index in [4.69, 9.17) is 22.1 Å². The summed E-state index contributed by atoms with van der Waals surface area (Å²) in [5.41, 5.74) is 7.34. The van der Waals surface area contributed by atoms with Crippen molar-refractivity contribution < 1.29 is 4.74 Å². The van der Waals surface area contributed by atoms with Gasteiger partial charge in [-0.3, -0.25) is 0 Å². The summed E-state index contributed by atoms with van der Waals surface area (Å²) in [6, 6.07) is 7.17. The van der Waals surface area contributed by atoms with Gasteiger partial charge in [-0.25, -0.2) is 4.68 Å². The zero-order valence-electron chi connectivity index (χ0n) is 10.5. The van der Waals surface area contributed by atoms with Gasteiger partial charge >= 0.3 is 0 Å². The van der Waals surface area contributed by atoms with E-state index in [0.717, 1.165) is 18.7 Å². The number of aromatic nitrogens is 2. The molecule has 1 aromatic heterocycles. The van der Waals surface area contributed by atoms with Crippen molar-refractivity contribution in [2.45, 2.75) is 26.8 Å². The number of nitrogens with zero attached hydrogens (tertiary/aromatic N) is 2. The molecule has 96 valence electrons. The zero-order valence-corrected chi connectivity index (χ0v) is 11.2. The maximum atomic E-state index is 5.98. The Labute approximate surface area is 111 Å². The highest BCUT2D eigenvalue weighted by atomic mass is 35.5. The van der Waals surface area contributed by atoms with Gasteiger partial charge in [-0.15, -0.1) is 0 Å². The predicted molar refractivity (Wildman–Crippen MR) is 73.2 cm³/mol. The average Bonchev–Trinajstić information content (AvgIpc) is 2.60. The number of rotatable bonds is 4. The van der Waals surface area contributed by atoms with E-state index in [1.54, 1.807) is 28.9 Å². The first kappa shape index (κ1) is 12.8. The topological polar surface area (TPSA) is 53.1 Å². The van der Waals surface area contributed by atoms with Crippen molar-refractivity contribution in [3.63, 3.8) is 0 Å². The van der Waals surface area contributed by atoms with Crippen LogP contribution in [0.2, 0.25) is 5.02 Å². The molecule has 0 atom stereocenters. The largest absolute Gasteiger partial charge is 0.437 e. The second-order valence-corrected chi connectivity index (χ2v) is 4.52. The fourth-order valence-electron chi connectivity index (χ4n) is 1.66. The van der Waals surface area contributed by atoms with Crippen molar-refractivity contribution in [2.24, 2.45) is 0 Å². The molecule has 0 unspecified atom stereocenters. The van der Waals surface area contributed by atoms with Crippen LogP contribution in [0.3, 0.4) is 0 Å². The van der Waals surface area contributed by atoms with E-state index in [1.165, 1.54) is 0 Å². The van der Waals surface area contributed by atoms with Crippen LogP contribution in [0.5, 0.6) is 11.6 Å². The Balaban J connectivity index is 2.30. The molecule has 0 spiro atoms. The second-order valence-electron chi connectivity index (χ2n) is 4.08. The van der Waals surface area contributed by atoms with Crippen molar-refractivity contribution in [2.75, 3.05) is 5.73 Å². The Morgan fingerprint density at radius 2 is 2.00 bits per heavy atom. The molecule has 2 rings (SSSR count). The van der Waals surface area contributed by atoms with Gasteiger partial charge in [-0.2, -0.15) is 5.10 Å². The molecule has 0 amide bonds. The first-order chi connectivity index (χ1) is 8.61. The molecule has 18 heavy (non-hydrogen) atoms. The van der Waals surface area contributed by atoms with Crippen LogP contribution in [0, 0.1) is 6.92 Å². The Morgan fingerprint density at radius 3 is 2.61 bits per heavy atom. The van der Waals surface area contributed by atoms with Crippen molar-refractivity contribution in [3.8, 4) is 11.6 Å². The van der Waals surface area contributed by atoms with Gasteiger partial charge in [-0.1, -0.05) is 18.5 Å². The Kier molecular flexibility index (Phi) is 3.77. The number of nitrogen functional groups attached to an aromatic ring is 1. The summed E-state index contributed by atoms with van der Waals surface area (Å²) in [6.07, 6.45) is 0.970. The van der Waals surface area contributed by atoms with Crippen LogP contribution in [-0.2, 0) is 6.54 Å². The molecule has 0 aliphatic rings. The minimum Gasteiger partial charge on any atom is -0.437 e. The van der Waals surface area contributed by atoms with Gasteiger partial charge in [0, 0.05) is 11.6 Å². The summed E-state index contributed by atoms with van der Waals surface area (Å²) >= 11 is 5.83. The lowest BCUT2D eigenvalue weighted by molar-refractivity contribution is 0.410. The quantitative estimate of drug-likeness (QED) is 0.918. The second kappa shape index (κ2) is 5.31. The molecule has 0 saturated carbocycles. The van der Waals surface area contributed by atoms with E-state index in [0.29, 0.717) is 22.3 Å². The molecular formula is C13H16ClN3O. The molecule has 1 aromatic carbocycles. The number of aryl methyl sites for hydroxylation is 2. The molecule has 0 fully saturated rings. The Hall–Kier alpha value is -1.68. The van der Waals surface area contributed by atoms with Gasteiger partial charge in [0.2, 0.25) is 5.88 Å². The van der Waals surface area contributed by atoms with Gasteiger partial charge < -0.3 is 10.5 Å². The minimum atomic E-state index is 0.582. The van der Waals surface area contributed by atoms with Crippen molar-refractivity contribution in [1.29, 1.82) is 0 Å². The third kappa shape index (κ3) is 2.59. The van der Waals surface area contributed by atoms with Crippen LogP contribution in [0.15, 0.2) is 24.3 Å². The Bertz CT molecular complexity index is 534. The number of halogens is 1. The van der Waals surface area contributed by atoms with Crippen LogP contribution in [0.25, 0.3) is 0 Å². The van der Waals surface area contributed by atoms with E-state index in [2.05, 4.69) is 12.0 Å². The fraction of sp³-hybridized carbons (Fsp3) is 0.308. The van der Waals surface area contributed by atoms with E-state index < -0.39 is 0 Å². The summed E-state index contributed by atoms with van der Waals surface area (Å²) in [5.74, 6) is 1.29. The number of nitrogens with two attached hydrogens (primary N) is 1. The van der Waals surface area contributed by atoms with E-state index in [-0.39, 0.29) is 0 Å². The van der Waals surface area contributed by atoms with Gasteiger partial charge in [0.25, 0.3) is 0 Å². The van der Waals surface area contributed by atoms with Crippen molar-refractivity contribution >= 4 is 17.3 Å². The molecule has 5 heteroatoms. The standard InChI is InChI=1S/C13H16ClN3O/c1-3-8-17-13(12(15)9(2)16-17)18-11-6-4-10(14)5-7-11/h4-7H,3,8,15H2,1-2H3. The summed E-state index contributed by atoms with van der Waals surface area (Å²) in [7, 11) is 0. The molecule has 0 aliphatic carbocycles. The van der Waals surface area contributed by atoms with E-state index >= 15 is 0 Å².